The number of ether oxygens (including phenoxy) is 1. The van der Waals surface area contributed by atoms with Crippen LogP contribution in [0.1, 0.15) is 25.0 Å². The first kappa shape index (κ1) is 15.0. The van der Waals surface area contributed by atoms with Gasteiger partial charge in [-0.3, -0.25) is 0 Å². The minimum atomic E-state index is -0.399. The van der Waals surface area contributed by atoms with Gasteiger partial charge in [-0.25, -0.2) is 0 Å². The normalized spacial score (nSPS) is 12.4. The lowest BCUT2D eigenvalue weighted by Gasteiger charge is -2.24. The molecule has 0 bridgehead atoms. The summed E-state index contributed by atoms with van der Waals surface area (Å²) in [5.41, 5.74) is 1.96. The molecule has 2 N–H and O–H groups in total. The molecule has 0 aliphatic carbocycles. The summed E-state index contributed by atoms with van der Waals surface area (Å²) >= 11 is 0. The monoisotopic (exact) mass is 253 g/mol. The maximum Gasteiger partial charge on any atom is 0.0787 e. The van der Waals surface area contributed by atoms with Crippen molar-refractivity contribution in [2.45, 2.75) is 19.4 Å². The fourth-order valence-electron chi connectivity index (χ4n) is 1.84. The van der Waals surface area contributed by atoms with Gasteiger partial charge in [0.1, 0.15) is 0 Å². The van der Waals surface area contributed by atoms with Gasteiger partial charge in [-0.05, 0) is 24.1 Å². The number of hydrogen-bond donors (Lipinski definition) is 2. The van der Waals surface area contributed by atoms with Crippen LogP contribution in [0.25, 0.3) is 0 Å². The molecule has 0 saturated heterocycles. The van der Waals surface area contributed by atoms with E-state index in [0.29, 0.717) is 19.6 Å². The molecule has 0 radical (unpaired) electrons. The van der Waals surface area contributed by atoms with Crippen LogP contribution in [-0.4, -0.2) is 43.6 Å². The number of methoxy groups -OCH3 is 1. The molecule has 1 atom stereocenters. The zero-order chi connectivity index (χ0) is 13.4. The van der Waals surface area contributed by atoms with Crippen LogP contribution in [0, 0.1) is 0 Å². The molecule has 0 amide bonds. The predicted octanol–water partition coefficient (Wildman–Crippen LogP) is 1.58. The Morgan fingerprint density at radius 3 is 2.39 bits per heavy atom. The highest BCUT2D eigenvalue weighted by molar-refractivity contribution is 5.48. The zero-order valence-corrected chi connectivity index (χ0v) is 11.2. The Hall–Kier alpha value is -1.10. The number of anilines is 1. The molecule has 102 valence electrons. The first-order chi connectivity index (χ1) is 8.72. The number of hydrogen-bond acceptors (Lipinski definition) is 4. The van der Waals surface area contributed by atoms with E-state index in [0.717, 1.165) is 17.8 Å². The standard InChI is InChI=1S/C14H23NO3/c1-3-14(17)12-4-6-13(7-5-12)15(8-10-16)9-11-18-2/h4-7,14,16-17H,3,8-11H2,1-2H3. The molecule has 0 aliphatic heterocycles. The topological polar surface area (TPSA) is 52.9 Å². The smallest absolute Gasteiger partial charge is 0.0787 e. The van der Waals surface area contributed by atoms with Crippen molar-refractivity contribution in [2.24, 2.45) is 0 Å². The fourth-order valence-corrected chi connectivity index (χ4v) is 1.84. The molecule has 0 fully saturated rings. The minimum Gasteiger partial charge on any atom is -0.395 e. The van der Waals surface area contributed by atoms with E-state index >= 15 is 0 Å². The summed E-state index contributed by atoms with van der Waals surface area (Å²) in [5, 5.41) is 18.8. The summed E-state index contributed by atoms with van der Waals surface area (Å²) < 4.78 is 5.06. The Labute approximate surface area is 109 Å². The Bertz CT molecular complexity index is 326. The third-order valence-corrected chi connectivity index (χ3v) is 2.96. The largest absolute Gasteiger partial charge is 0.395 e. The van der Waals surface area contributed by atoms with Crippen molar-refractivity contribution in [3.63, 3.8) is 0 Å². The molecule has 4 heteroatoms. The molecule has 1 aromatic rings. The van der Waals surface area contributed by atoms with Gasteiger partial charge in [0.25, 0.3) is 0 Å². The van der Waals surface area contributed by atoms with Crippen LogP contribution >= 0.6 is 0 Å². The van der Waals surface area contributed by atoms with Crippen molar-refractivity contribution in [1.82, 2.24) is 0 Å². The SMILES string of the molecule is CCC(O)c1ccc(N(CCO)CCOC)cc1. The van der Waals surface area contributed by atoms with Crippen molar-refractivity contribution >= 4 is 5.69 Å². The third kappa shape index (κ3) is 4.29. The Balaban J connectivity index is 2.73. The van der Waals surface area contributed by atoms with Gasteiger partial charge in [0.15, 0.2) is 0 Å². The first-order valence-electron chi connectivity index (χ1n) is 6.35. The number of rotatable bonds is 8. The molecule has 1 rings (SSSR count). The van der Waals surface area contributed by atoms with Crippen molar-refractivity contribution in [3.05, 3.63) is 29.8 Å². The van der Waals surface area contributed by atoms with Crippen LogP contribution in [0.4, 0.5) is 5.69 Å². The van der Waals surface area contributed by atoms with E-state index in [1.165, 1.54) is 0 Å². The Morgan fingerprint density at radius 2 is 1.89 bits per heavy atom. The van der Waals surface area contributed by atoms with E-state index in [1.54, 1.807) is 7.11 Å². The zero-order valence-electron chi connectivity index (χ0n) is 11.2. The lowest BCUT2D eigenvalue weighted by molar-refractivity contribution is 0.173. The number of benzene rings is 1. The highest BCUT2D eigenvalue weighted by atomic mass is 16.5. The van der Waals surface area contributed by atoms with Gasteiger partial charge in [-0.15, -0.1) is 0 Å². The third-order valence-electron chi connectivity index (χ3n) is 2.96. The fraction of sp³-hybridized carbons (Fsp3) is 0.571. The van der Waals surface area contributed by atoms with Gasteiger partial charge in [-0.1, -0.05) is 19.1 Å². The number of nitrogens with zero attached hydrogens (tertiary/aromatic N) is 1. The molecule has 1 unspecified atom stereocenters. The summed E-state index contributed by atoms with van der Waals surface area (Å²) in [6, 6.07) is 7.81. The van der Waals surface area contributed by atoms with Crippen LogP contribution in [0.5, 0.6) is 0 Å². The van der Waals surface area contributed by atoms with Gasteiger partial charge in [0.05, 0.1) is 19.3 Å². The highest BCUT2D eigenvalue weighted by Gasteiger charge is 2.08. The second-order valence-corrected chi connectivity index (χ2v) is 4.22. The van der Waals surface area contributed by atoms with Crippen LogP contribution in [0.3, 0.4) is 0 Å². The molecule has 0 spiro atoms. The van der Waals surface area contributed by atoms with E-state index < -0.39 is 6.10 Å². The Morgan fingerprint density at radius 1 is 1.22 bits per heavy atom. The van der Waals surface area contributed by atoms with E-state index in [2.05, 4.69) is 4.90 Å². The second kappa shape index (κ2) is 8.08. The summed E-state index contributed by atoms with van der Waals surface area (Å²) in [7, 11) is 1.66. The van der Waals surface area contributed by atoms with Crippen LogP contribution in [0.2, 0.25) is 0 Å². The molecule has 0 aliphatic rings. The summed E-state index contributed by atoms with van der Waals surface area (Å²) in [5.74, 6) is 0. The Kier molecular flexibility index (Phi) is 6.72. The van der Waals surface area contributed by atoms with Crippen molar-refractivity contribution in [2.75, 3.05) is 38.3 Å². The molecule has 0 saturated carbocycles. The lowest BCUT2D eigenvalue weighted by atomic mass is 10.1. The number of aliphatic hydroxyl groups excluding tert-OH is 2. The van der Waals surface area contributed by atoms with Crippen molar-refractivity contribution in [3.8, 4) is 0 Å². The van der Waals surface area contributed by atoms with E-state index in [4.69, 9.17) is 9.84 Å². The van der Waals surface area contributed by atoms with Gasteiger partial charge in [0, 0.05) is 25.9 Å². The van der Waals surface area contributed by atoms with Crippen molar-refractivity contribution in [1.29, 1.82) is 0 Å². The molecule has 0 aromatic heterocycles. The highest BCUT2D eigenvalue weighted by Crippen LogP contribution is 2.20. The van der Waals surface area contributed by atoms with Crippen LogP contribution < -0.4 is 4.90 Å². The molecular formula is C14H23NO3. The summed E-state index contributed by atoms with van der Waals surface area (Å²) in [6.07, 6.45) is 0.313. The molecule has 1 aromatic carbocycles. The minimum absolute atomic E-state index is 0.114. The summed E-state index contributed by atoms with van der Waals surface area (Å²) in [6.45, 7) is 4.02. The molecule has 0 heterocycles. The van der Waals surface area contributed by atoms with Gasteiger partial charge < -0.3 is 19.8 Å². The molecule has 18 heavy (non-hydrogen) atoms. The quantitative estimate of drug-likeness (QED) is 0.738. The lowest BCUT2D eigenvalue weighted by Crippen LogP contribution is -2.30. The van der Waals surface area contributed by atoms with Gasteiger partial charge in [-0.2, -0.15) is 0 Å². The first-order valence-corrected chi connectivity index (χ1v) is 6.35. The molecular weight excluding hydrogens is 230 g/mol. The van der Waals surface area contributed by atoms with E-state index in [9.17, 15) is 5.11 Å². The average Bonchev–Trinajstić information content (AvgIpc) is 2.43. The van der Waals surface area contributed by atoms with Crippen LogP contribution in [-0.2, 0) is 4.74 Å². The van der Waals surface area contributed by atoms with Gasteiger partial charge >= 0.3 is 0 Å². The van der Waals surface area contributed by atoms with E-state index in [-0.39, 0.29) is 6.61 Å². The van der Waals surface area contributed by atoms with Gasteiger partial charge in [0.2, 0.25) is 0 Å². The second-order valence-electron chi connectivity index (χ2n) is 4.22. The maximum atomic E-state index is 9.73. The molecule has 4 nitrogen and oxygen atoms in total. The number of aliphatic hydroxyl groups is 2. The maximum absolute atomic E-state index is 9.73. The van der Waals surface area contributed by atoms with Crippen LogP contribution in [0.15, 0.2) is 24.3 Å². The predicted molar refractivity (Wildman–Crippen MR) is 72.9 cm³/mol. The van der Waals surface area contributed by atoms with E-state index in [1.807, 2.05) is 31.2 Å². The van der Waals surface area contributed by atoms with Crippen molar-refractivity contribution < 1.29 is 14.9 Å². The average molecular weight is 253 g/mol. The summed E-state index contributed by atoms with van der Waals surface area (Å²) in [4.78, 5) is 2.06.